The van der Waals surface area contributed by atoms with E-state index in [9.17, 15) is 4.79 Å². The third-order valence-electron chi connectivity index (χ3n) is 5.99. The molecule has 1 aromatic carbocycles. The van der Waals surface area contributed by atoms with Crippen LogP contribution in [0.1, 0.15) is 34.8 Å². The van der Waals surface area contributed by atoms with Gasteiger partial charge in [-0.1, -0.05) is 23.2 Å². The molecule has 0 aliphatic carbocycles. The molecule has 0 bridgehead atoms. The molecule has 10 heteroatoms. The molecule has 8 nitrogen and oxygen atoms in total. The van der Waals surface area contributed by atoms with Gasteiger partial charge in [0.25, 0.3) is 5.91 Å². The molecule has 1 unspecified atom stereocenters. The number of pyridine rings is 1. The predicted molar refractivity (Wildman–Crippen MR) is 128 cm³/mol. The van der Waals surface area contributed by atoms with Crippen LogP contribution in [0.2, 0.25) is 10.0 Å². The number of hydrogen-bond acceptors (Lipinski definition) is 6. The summed E-state index contributed by atoms with van der Waals surface area (Å²) in [5.41, 5.74) is 10.2. The second kappa shape index (κ2) is 8.20. The second-order valence-corrected chi connectivity index (χ2v) is 8.62. The van der Waals surface area contributed by atoms with Crippen LogP contribution in [0.5, 0.6) is 5.75 Å². The Morgan fingerprint density at radius 1 is 1.21 bits per heavy atom. The summed E-state index contributed by atoms with van der Waals surface area (Å²) < 4.78 is 5.09. The highest BCUT2D eigenvalue weighted by molar-refractivity contribution is 6.45. The number of aromatic nitrogens is 4. The lowest BCUT2D eigenvalue weighted by atomic mass is 9.92. The van der Waals surface area contributed by atoms with Gasteiger partial charge in [-0.15, -0.1) is 0 Å². The van der Waals surface area contributed by atoms with Crippen LogP contribution in [-0.4, -0.2) is 44.4 Å². The van der Waals surface area contributed by atoms with Crippen LogP contribution >= 0.6 is 23.2 Å². The van der Waals surface area contributed by atoms with Crippen molar-refractivity contribution in [1.82, 2.24) is 24.8 Å². The van der Waals surface area contributed by atoms with Crippen LogP contribution in [-0.2, 0) is 6.42 Å². The van der Waals surface area contributed by atoms with E-state index in [1.165, 1.54) is 19.5 Å². The number of nitrogens with two attached hydrogens (primary N) is 1. The molecule has 3 N–H and O–H groups in total. The first-order valence-corrected chi connectivity index (χ1v) is 11.1. The number of carbonyl (C=O) groups is 1. The van der Waals surface area contributed by atoms with Gasteiger partial charge in [-0.2, -0.15) is 0 Å². The first kappa shape index (κ1) is 21.5. The van der Waals surface area contributed by atoms with Crippen molar-refractivity contribution in [3.8, 4) is 16.9 Å². The topological polar surface area (TPSA) is 110 Å². The average molecular weight is 483 g/mol. The number of benzene rings is 1. The number of H-pyrrole nitrogens is 1. The number of halogens is 2. The molecule has 0 saturated heterocycles. The standard InChI is InChI=1S/C23H20Cl2N6O2/c1-11-18-16(5-6-31(11)23(32)22-28-9-13(33-2)10-29-22)30-21-19(18)14(7-15(24)20(21)25)12-3-4-17(26)27-8-12/h3-4,7-11,30H,5-6H2,1-2H3,(H2,26,27). The van der Waals surface area contributed by atoms with Crippen LogP contribution in [0.4, 0.5) is 5.82 Å². The number of rotatable bonds is 3. The summed E-state index contributed by atoms with van der Waals surface area (Å²) >= 11 is 13.1. The van der Waals surface area contributed by atoms with Crippen LogP contribution in [0.15, 0.2) is 36.8 Å². The third-order valence-corrected chi connectivity index (χ3v) is 6.78. The normalized spacial score (nSPS) is 15.5. The molecular weight excluding hydrogens is 463 g/mol. The number of amides is 1. The summed E-state index contributed by atoms with van der Waals surface area (Å²) in [6.45, 7) is 2.50. The van der Waals surface area contributed by atoms with E-state index in [0.29, 0.717) is 34.6 Å². The van der Waals surface area contributed by atoms with Gasteiger partial charge in [-0.25, -0.2) is 15.0 Å². The average Bonchev–Trinajstić information content (AvgIpc) is 3.23. The number of carbonyl (C=O) groups excluding carboxylic acids is 1. The van der Waals surface area contributed by atoms with Gasteiger partial charge in [-0.05, 0) is 30.7 Å². The molecule has 1 amide bonds. The molecule has 0 spiro atoms. The Morgan fingerprint density at radius 3 is 2.64 bits per heavy atom. The fraction of sp³-hybridized carbons (Fsp3) is 0.217. The molecule has 1 atom stereocenters. The summed E-state index contributed by atoms with van der Waals surface area (Å²) in [5, 5.41) is 1.78. The lowest BCUT2D eigenvalue weighted by Gasteiger charge is -2.33. The van der Waals surface area contributed by atoms with Gasteiger partial charge in [0.15, 0.2) is 5.75 Å². The van der Waals surface area contributed by atoms with Crippen molar-refractivity contribution in [2.24, 2.45) is 0 Å². The molecule has 33 heavy (non-hydrogen) atoms. The number of methoxy groups -OCH3 is 1. The largest absolute Gasteiger partial charge is 0.494 e. The van der Waals surface area contributed by atoms with Gasteiger partial charge in [-0.3, -0.25) is 4.79 Å². The summed E-state index contributed by atoms with van der Waals surface area (Å²) in [7, 11) is 1.52. The van der Waals surface area contributed by atoms with E-state index in [1.807, 2.05) is 19.1 Å². The molecule has 1 aliphatic heterocycles. The van der Waals surface area contributed by atoms with Crippen molar-refractivity contribution in [1.29, 1.82) is 0 Å². The maximum atomic E-state index is 13.3. The van der Waals surface area contributed by atoms with E-state index in [1.54, 1.807) is 17.2 Å². The Kier molecular flexibility index (Phi) is 5.34. The predicted octanol–water partition coefficient (Wildman–Crippen LogP) is 4.68. The minimum Gasteiger partial charge on any atom is -0.494 e. The van der Waals surface area contributed by atoms with Crippen molar-refractivity contribution in [3.05, 3.63) is 63.9 Å². The van der Waals surface area contributed by atoms with E-state index in [2.05, 4.69) is 19.9 Å². The van der Waals surface area contributed by atoms with Gasteiger partial charge in [0, 0.05) is 41.4 Å². The maximum Gasteiger partial charge on any atom is 0.292 e. The molecule has 168 valence electrons. The second-order valence-electron chi connectivity index (χ2n) is 7.83. The zero-order chi connectivity index (χ0) is 23.3. The van der Waals surface area contributed by atoms with Crippen molar-refractivity contribution < 1.29 is 9.53 Å². The molecule has 0 fully saturated rings. The molecule has 5 rings (SSSR count). The fourth-order valence-corrected chi connectivity index (χ4v) is 4.76. The van der Waals surface area contributed by atoms with E-state index in [-0.39, 0.29) is 17.8 Å². The number of ether oxygens (including phenoxy) is 1. The monoisotopic (exact) mass is 482 g/mol. The Hall–Kier alpha value is -3.36. The lowest BCUT2D eigenvalue weighted by molar-refractivity contribution is 0.0665. The number of aromatic amines is 1. The minimum absolute atomic E-state index is 0.120. The number of nitrogens with zero attached hydrogens (tertiary/aromatic N) is 4. The van der Waals surface area contributed by atoms with Crippen LogP contribution in [0.3, 0.4) is 0 Å². The highest BCUT2D eigenvalue weighted by Gasteiger charge is 2.34. The zero-order valence-corrected chi connectivity index (χ0v) is 19.4. The zero-order valence-electron chi connectivity index (χ0n) is 17.9. The first-order chi connectivity index (χ1) is 15.9. The van der Waals surface area contributed by atoms with Gasteiger partial charge < -0.3 is 20.4 Å². The van der Waals surface area contributed by atoms with Crippen molar-refractivity contribution in [2.45, 2.75) is 19.4 Å². The van der Waals surface area contributed by atoms with E-state index in [0.717, 1.165) is 33.3 Å². The van der Waals surface area contributed by atoms with Gasteiger partial charge in [0.1, 0.15) is 5.82 Å². The van der Waals surface area contributed by atoms with Gasteiger partial charge in [0.05, 0.1) is 41.1 Å². The van der Waals surface area contributed by atoms with E-state index >= 15 is 0 Å². The first-order valence-electron chi connectivity index (χ1n) is 10.3. The molecular formula is C23H20Cl2N6O2. The van der Waals surface area contributed by atoms with Crippen LogP contribution < -0.4 is 10.5 Å². The lowest BCUT2D eigenvalue weighted by Crippen LogP contribution is -2.39. The molecule has 0 radical (unpaired) electrons. The quantitative estimate of drug-likeness (QED) is 0.438. The molecule has 4 heterocycles. The van der Waals surface area contributed by atoms with Crippen LogP contribution in [0, 0.1) is 0 Å². The Labute approximate surface area is 199 Å². The van der Waals surface area contributed by atoms with E-state index in [4.69, 9.17) is 33.7 Å². The Bertz CT molecular complexity index is 1370. The highest BCUT2D eigenvalue weighted by atomic mass is 35.5. The number of nitrogen functional groups attached to an aromatic ring is 1. The van der Waals surface area contributed by atoms with Crippen molar-refractivity contribution in [3.63, 3.8) is 0 Å². The Morgan fingerprint density at radius 2 is 1.97 bits per heavy atom. The summed E-state index contributed by atoms with van der Waals surface area (Å²) in [5.74, 6) is 0.789. The summed E-state index contributed by atoms with van der Waals surface area (Å²) in [4.78, 5) is 31.1. The molecule has 1 aliphatic rings. The maximum absolute atomic E-state index is 13.3. The fourth-order valence-electron chi connectivity index (χ4n) is 4.36. The van der Waals surface area contributed by atoms with E-state index < -0.39 is 0 Å². The highest BCUT2D eigenvalue weighted by Crippen LogP contribution is 2.45. The minimum atomic E-state index is -0.251. The molecule has 0 saturated carbocycles. The number of fused-ring (bicyclic) bond motifs is 3. The summed E-state index contributed by atoms with van der Waals surface area (Å²) in [6.07, 6.45) is 5.30. The van der Waals surface area contributed by atoms with Gasteiger partial charge in [0.2, 0.25) is 5.82 Å². The third kappa shape index (κ3) is 3.55. The number of nitrogens with one attached hydrogen (secondary N) is 1. The SMILES string of the molecule is COc1cnc(C(=O)N2CCc3[nH]c4c(Cl)c(Cl)cc(-c5ccc(N)nc5)c4c3C2C)nc1. The Balaban J connectivity index is 1.64. The van der Waals surface area contributed by atoms with Crippen LogP contribution in [0.25, 0.3) is 22.0 Å². The number of hydrogen-bond donors (Lipinski definition) is 2. The van der Waals surface area contributed by atoms with Gasteiger partial charge >= 0.3 is 0 Å². The smallest absolute Gasteiger partial charge is 0.292 e. The van der Waals surface area contributed by atoms with Crippen molar-refractivity contribution in [2.75, 3.05) is 19.4 Å². The van der Waals surface area contributed by atoms with Crippen molar-refractivity contribution >= 4 is 45.8 Å². The summed E-state index contributed by atoms with van der Waals surface area (Å²) in [6, 6.07) is 5.21. The molecule has 3 aromatic heterocycles. The number of anilines is 1. The molecule has 4 aromatic rings.